The van der Waals surface area contributed by atoms with E-state index in [0.29, 0.717) is 5.75 Å². The van der Waals surface area contributed by atoms with Crippen LogP contribution in [0.4, 0.5) is 0 Å². The molecule has 2 rings (SSSR count). The van der Waals surface area contributed by atoms with Crippen LogP contribution in [0.3, 0.4) is 0 Å². The Balaban J connectivity index is 0.000000165. The summed E-state index contributed by atoms with van der Waals surface area (Å²) in [4.78, 5) is 0. The topological polar surface area (TPSA) is 60.7 Å². The summed E-state index contributed by atoms with van der Waals surface area (Å²) in [5.41, 5.74) is 0.935. The molecule has 0 heterocycles. The van der Waals surface area contributed by atoms with E-state index in [0.717, 1.165) is 5.56 Å². The first kappa shape index (κ1) is 11.9. The molecule has 0 amide bonds. The van der Waals surface area contributed by atoms with Crippen LogP contribution in [0.15, 0.2) is 48.5 Å². The minimum Gasteiger partial charge on any atom is -0.508 e. The number of phenols is 3. The van der Waals surface area contributed by atoms with Gasteiger partial charge in [-0.1, -0.05) is 24.3 Å². The first-order valence-electron chi connectivity index (χ1n) is 4.82. The summed E-state index contributed by atoms with van der Waals surface area (Å²) in [6.45, 7) is 1.85. The maximum absolute atomic E-state index is 8.85. The summed E-state index contributed by atoms with van der Waals surface area (Å²) in [5, 5.41) is 26.3. The van der Waals surface area contributed by atoms with Gasteiger partial charge in [0.2, 0.25) is 0 Å². The SMILES string of the molecule is Cc1ccc(O)c(O)c1.Oc1ccccc1. The van der Waals surface area contributed by atoms with Crippen LogP contribution in [0.2, 0.25) is 0 Å². The molecule has 0 saturated heterocycles. The molecule has 84 valence electrons. The molecule has 3 heteroatoms. The van der Waals surface area contributed by atoms with E-state index in [9.17, 15) is 0 Å². The fraction of sp³-hybridized carbons (Fsp3) is 0.0769. The third-order valence-corrected chi connectivity index (χ3v) is 1.89. The third kappa shape index (κ3) is 3.92. The molecule has 0 atom stereocenters. The van der Waals surface area contributed by atoms with Crippen LogP contribution in [-0.2, 0) is 0 Å². The van der Waals surface area contributed by atoms with Gasteiger partial charge in [0.05, 0.1) is 0 Å². The minimum absolute atomic E-state index is 0.0602. The highest BCUT2D eigenvalue weighted by molar-refractivity contribution is 5.39. The number of para-hydroxylation sites is 1. The number of benzene rings is 2. The number of aryl methyl sites for hydroxylation is 1. The summed E-state index contributed by atoms with van der Waals surface area (Å²) in [5.74, 6) is 0.193. The van der Waals surface area contributed by atoms with Crippen molar-refractivity contribution in [3.8, 4) is 17.2 Å². The molecule has 3 N–H and O–H groups in total. The smallest absolute Gasteiger partial charge is 0.157 e. The summed E-state index contributed by atoms with van der Waals surface area (Å²) in [7, 11) is 0. The fourth-order valence-electron chi connectivity index (χ4n) is 1.06. The molecule has 0 unspecified atom stereocenters. The largest absolute Gasteiger partial charge is 0.508 e. The van der Waals surface area contributed by atoms with Crippen LogP contribution in [0, 0.1) is 6.92 Å². The molecule has 0 aliphatic heterocycles. The highest BCUT2D eigenvalue weighted by atomic mass is 16.3. The Bertz CT molecular complexity index is 438. The maximum Gasteiger partial charge on any atom is 0.157 e. The van der Waals surface area contributed by atoms with Gasteiger partial charge in [0.15, 0.2) is 11.5 Å². The molecule has 0 aliphatic carbocycles. The van der Waals surface area contributed by atoms with Crippen molar-refractivity contribution in [2.45, 2.75) is 6.92 Å². The molecule has 0 bridgehead atoms. The van der Waals surface area contributed by atoms with Gasteiger partial charge in [-0.05, 0) is 36.8 Å². The molecular weight excluding hydrogens is 204 g/mol. The van der Waals surface area contributed by atoms with Crippen molar-refractivity contribution in [3.05, 3.63) is 54.1 Å². The minimum atomic E-state index is -0.0689. The van der Waals surface area contributed by atoms with E-state index >= 15 is 0 Å². The number of phenolic OH excluding ortho intramolecular Hbond substituents is 3. The van der Waals surface area contributed by atoms with E-state index in [1.54, 1.807) is 30.3 Å². The summed E-state index contributed by atoms with van der Waals surface area (Å²) in [6, 6.07) is 13.4. The van der Waals surface area contributed by atoms with Crippen molar-refractivity contribution < 1.29 is 15.3 Å². The zero-order valence-electron chi connectivity index (χ0n) is 8.96. The van der Waals surface area contributed by atoms with Gasteiger partial charge in [0.1, 0.15) is 5.75 Å². The number of hydrogen-bond acceptors (Lipinski definition) is 3. The number of rotatable bonds is 0. The summed E-state index contributed by atoms with van der Waals surface area (Å²) in [6.07, 6.45) is 0. The lowest BCUT2D eigenvalue weighted by atomic mass is 10.2. The molecule has 2 aromatic carbocycles. The van der Waals surface area contributed by atoms with Gasteiger partial charge < -0.3 is 15.3 Å². The van der Waals surface area contributed by atoms with Crippen LogP contribution < -0.4 is 0 Å². The maximum atomic E-state index is 8.85. The molecule has 16 heavy (non-hydrogen) atoms. The molecule has 0 spiro atoms. The highest BCUT2D eigenvalue weighted by Crippen LogP contribution is 2.23. The lowest BCUT2D eigenvalue weighted by Gasteiger charge is -1.95. The molecular formula is C13H14O3. The second-order valence-corrected chi connectivity index (χ2v) is 3.33. The quantitative estimate of drug-likeness (QED) is 0.596. The normalized spacial score (nSPS) is 9.06. The van der Waals surface area contributed by atoms with Gasteiger partial charge in [-0.3, -0.25) is 0 Å². The zero-order valence-corrected chi connectivity index (χ0v) is 8.96. The van der Waals surface area contributed by atoms with Crippen molar-refractivity contribution in [2.75, 3.05) is 0 Å². The Labute approximate surface area is 94.2 Å². The van der Waals surface area contributed by atoms with E-state index in [1.807, 2.05) is 13.0 Å². The average Bonchev–Trinajstić information content (AvgIpc) is 2.26. The predicted molar refractivity (Wildman–Crippen MR) is 62.6 cm³/mol. The third-order valence-electron chi connectivity index (χ3n) is 1.89. The molecule has 0 aromatic heterocycles. The van der Waals surface area contributed by atoms with Gasteiger partial charge in [-0.2, -0.15) is 0 Å². The molecule has 0 saturated carbocycles. The Kier molecular flexibility index (Phi) is 4.21. The zero-order chi connectivity index (χ0) is 12.0. The van der Waals surface area contributed by atoms with Crippen molar-refractivity contribution in [2.24, 2.45) is 0 Å². The highest BCUT2D eigenvalue weighted by Gasteiger charge is 1.94. The second-order valence-electron chi connectivity index (χ2n) is 3.33. The number of hydrogen-bond donors (Lipinski definition) is 3. The van der Waals surface area contributed by atoms with Crippen LogP contribution in [0.5, 0.6) is 17.2 Å². The van der Waals surface area contributed by atoms with Crippen LogP contribution in [-0.4, -0.2) is 15.3 Å². The monoisotopic (exact) mass is 218 g/mol. The van der Waals surface area contributed by atoms with Gasteiger partial charge in [-0.15, -0.1) is 0 Å². The van der Waals surface area contributed by atoms with E-state index in [-0.39, 0.29) is 11.5 Å². The van der Waals surface area contributed by atoms with Crippen molar-refractivity contribution in [1.29, 1.82) is 0 Å². The lowest BCUT2D eigenvalue weighted by molar-refractivity contribution is 0.403. The van der Waals surface area contributed by atoms with Gasteiger partial charge in [0.25, 0.3) is 0 Å². The van der Waals surface area contributed by atoms with Crippen LogP contribution in [0.25, 0.3) is 0 Å². The van der Waals surface area contributed by atoms with Crippen molar-refractivity contribution in [3.63, 3.8) is 0 Å². The van der Waals surface area contributed by atoms with Gasteiger partial charge in [-0.25, -0.2) is 0 Å². The Morgan fingerprint density at radius 3 is 1.75 bits per heavy atom. The fourth-order valence-corrected chi connectivity index (χ4v) is 1.06. The Morgan fingerprint density at radius 1 is 0.750 bits per heavy atom. The summed E-state index contributed by atoms with van der Waals surface area (Å²) >= 11 is 0. The molecule has 2 aromatic rings. The lowest BCUT2D eigenvalue weighted by Crippen LogP contribution is -1.70. The number of aromatic hydroxyl groups is 3. The van der Waals surface area contributed by atoms with Crippen LogP contribution in [0.1, 0.15) is 5.56 Å². The van der Waals surface area contributed by atoms with Gasteiger partial charge >= 0.3 is 0 Å². The first-order valence-corrected chi connectivity index (χ1v) is 4.82. The molecule has 0 radical (unpaired) electrons. The Morgan fingerprint density at radius 2 is 1.38 bits per heavy atom. The average molecular weight is 218 g/mol. The second kappa shape index (κ2) is 5.66. The van der Waals surface area contributed by atoms with Crippen molar-refractivity contribution in [1.82, 2.24) is 0 Å². The molecule has 3 nitrogen and oxygen atoms in total. The standard InChI is InChI=1S/C7H8O2.C6H6O/c1-5-2-3-6(8)7(9)4-5;7-6-4-2-1-3-5-6/h2-4,8-9H,1H3;1-5,7H. The Hall–Kier alpha value is -2.16. The summed E-state index contributed by atoms with van der Waals surface area (Å²) < 4.78 is 0. The first-order chi connectivity index (χ1) is 7.59. The van der Waals surface area contributed by atoms with Crippen LogP contribution >= 0.6 is 0 Å². The van der Waals surface area contributed by atoms with Gasteiger partial charge in [0, 0.05) is 0 Å². The van der Waals surface area contributed by atoms with E-state index in [2.05, 4.69) is 0 Å². The van der Waals surface area contributed by atoms with E-state index in [4.69, 9.17) is 15.3 Å². The van der Waals surface area contributed by atoms with Crippen molar-refractivity contribution >= 4 is 0 Å². The molecule has 0 aliphatic rings. The van der Waals surface area contributed by atoms with E-state index in [1.165, 1.54) is 12.1 Å². The molecule has 0 fully saturated rings. The van der Waals surface area contributed by atoms with E-state index < -0.39 is 0 Å². The predicted octanol–water partition coefficient (Wildman–Crippen LogP) is 2.80.